The molecular formula is C46H46N6O7. The number of benzene rings is 3. The Morgan fingerprint density at radius 2 is 1.49 bits per heavy atom. The molecule has 5 aromatic rings. The molecule has 11 rings (SSSR count). The molecule has 5 atom stereocenters. The van der Waals surface area contributed by atoms with Crippen LogP contribution in [0, 0.1) is 5.92 Å². The van der Waals surface area contributed by atoms with E-state index < -0.39 is 12.1 Å². The molecule has 1 aliphatic carbocycles. The number of imide groups is 1. The summed E-state index contributed by atoms with van der Waals surface area (Å²) in [5, 5.41) is 2.25. The molecule has 0 bridgehead atoms. The predicted molar refractivity (Wildman–Crippen MR) is 219 cm³/mol. The standard InChI is InChI=1S/C24H27N3O3.C22H19N3O4/c1-3-4-13-26-23(28)20-14-18-17-7-5-6-8-19(17)25-21(18)22(27(20)24(26)29)15-9-11-16(30-2)12-10-15;1-24-10-19(26)25-16(22(24)27)9-14-13-4-2-3-5-15(13)23-20(14)21(25)12-6-7-17-18(8-12)29-11-28-17/h5-9,11-12,15,20,22,25H,3-4,10,13-14H2,1-2H3;2-8,16,21,23H,9-11H2,1H3. The molecule has 2 fully saturated rings. The first-order chi connectivity index (χ1) is 28.7. The number of hydrogen-bond acceptors (Lipinski definition) is 7. The molecule has 5 aliphatic heterocycles. The highest BCUT2D eigenvalue weighted by molar-refractivity contribution is 6.05. The fourth-order valence-electron chi connectivity index (χ4n) is 9.97. The Morgan fingerprint density at radius 3 is 2.19 bits per heavy atom. The molecule has 0 spiro atoms. The summed E-state index contributed by atoms with van der Waals surface area (Å²) in [7, 11) is 3.36. The number of carbonyl (C=O) groups excluding carboxylic acids is 4. The van der Waals surface area contributed by atoms with E-state index in [0.717, 1.165) is 69.3 Å². The average molecular weight is 795 g/mol. The molecule has 5 unspecified atom stereocenters. The summed E-state index contributed by atoms with van der Waals surface area (Å²) in [4.78, 5) is 66.5. The molecule has 5 amide bonds. The Labute approximate surface area is 341 Å². The smallest absolute Gasteiger partial charge is 0.328 e. The number of ether oxygens (including phenoxy) is 3. The van der Waals surface area contributed by atoms with Crippen LogP contribution in [0.15, 0.2) is 90.7 Å². The maximum Gasteiger partial charge on any atom is 0.328 e. The van der Waals surface area contributed by atoms with Gasteiger partial charge in [0.25, 0.3) is 5.91 Å². The van der Waals surface area contributed by atoms with Crippen LogP contribution in [-0.2, 0) is 32.0 Å². The van der Waals surface area contributed by atoms with E-state index in [1.54, 1.807) is 19.1 Å². The minimum absolute atomic E-state index is 0.0220. The number of piperazine rings is 1. The van der Waals surface area contributed by atoms with Crippen molar-refractivity contribution >= 4 is 45.6 Å². The number of aromatic amines is 2. The van der Waals surface area contributed by atoms with Gasteiger partial charge in [-0.1, -0.05) is 61.9 Å². The molecule has 2 saturated heterocycles. The third-order valence-corrected chi connectivity index (χ3v) is 12.8. The number of amides is 5. The van der Waals surface area contributed by atoms with Crippen LogP contribution in [0.2, 0.25) is 0 Å². The van der Waals surface area contributed by atoms with Crippen LogP contribution in [0.1, 0.15) is 66.3 Å². The van der Waals surface area contributed by atoms with Crippen molar-refractivity contribution in [1.82, 2.24) is 29.6 Å². The van der Waals surface area contributed by atoms with Gasteiger partial charge < -0.3 is 38.9 Å². The van der Waals surface area contributed by atoms with Gasteiger partial charge in [-0.15, -0.1) is 0 Å². The number of H-pyrrole nitrogens is 2. The highest BCUT2D eigenvalue weighted by atomic mass is 16.7. The zero-order chi connectivity index (χ0) is 40.5. The number of rotatable bonds is 6. The first-order valence-electron chi connectivity index (χ1n) is 20.5. The van der Waals surface area contributed by atoms with Crippen molar-refractivity contribution in [3.05, 3.63) is 119 Å². The average Bonchev–Trinajstić information content (AvgIpc) is 4.03. The monoisotopic (exact) mass is 794 g/mol. The van der Waals surface area contributed by atoms with Gasteiger partial charge in [-0.05, 0) is 65.9 Å². The van der Waals surface area contributed by atoms with Gasteiger partial charge in [0.1, 0.15) is 17.8 Å². The maximum atomic E-state index is 13.4. The van der Waals surface area contributed by atoms with Crippen LogP contribution in [0.25, 0.3) is 21.8 Å². The normalized spacial score (nSPS) is 24.2. The van der Waals surface area contributed by atoms with E-state index in [0.29, 0.717) is 30.9 Å². The second kappa shape index (κ2) is 14.4. The highest BCUT2D eigenvalue weighted by Crippen LogP contribution is 2.47. The van der Waals surface area contributed by atoms with E-state index in [2.05, 4.69) is 47.2 Å². The van der Waals surface area contributed by atoms with E-state index in [9.17, 15) is 19.2 Å². The van der Waals surface area contributed by atoms with Gasteiger partial charge in [-0.3, -0.25) is 19.3 Å². The van der Waals surface area contributed by atoms with Crippen molar-refractivity contribution in [2.24, 2.45) is 5.92 Å². The molecule has 0 saturated carbocycles. The van der Waals surface area contributed by atoms with Crippen molar-refractivity contribution in [2.75, 3.05) is 34.0 Å². The SMILES string of the molecule is CCCCN1C(=O)C2Cc3c([nH]c4ccccc34)C(C3C=CC(OC)=CC3)N2C1=O.CN1CC(=O)N2C(Cc3c([nH]c4ccccc34)C2c2ccc3c(c2)OCO3)C1=O. The zero-order valence-electron chi connectivity index (χ0n) is 33.3. The quantitative estimate of drug-likeness (QED) is 0.187. The molecule has 7 heterocycles. The molecule has 6 aliphatic rings. The van der Waals surface area contributed by atoms with Gasteiger partial charge in [0, 0.05) is 65.5 Å². The Hall–Kier alpha value is -6.50. The maximum absolute atomic E-state index is 13.4. The molecule has 59 heavy (non-hydrogen) atoms. The third-order valence-electron chi connectivity index (χ3n) is 12.8. The molecule has 2 aromatic heterocycles. The minimum atomic E-state index is -0.511. The number of fused-ring (bicyclic) bond motifs is 9. The Bertz CT molecular complexity index is 2610. The van der Waals surface area contributed by atoms with Crippen LogP contribution in [-0.4, -0.2) is 99.4 Å². The van der Waals surface area contributed by atoms with Crippen LogP contribution in [0.5, 0.6) is 11.5 Å². The number of allylic oxidation sites excluding steroid dienone is 2. The van der Waals surface area contributed by atoms with Crippen molar-refractivity contribution in [3.63, 3.8) is 0 Å². The number of carbonyl (C=O) groups is 4. The topological polar surface area (TPSA) is 141 Å². The lowest BCUT2D eigenvalue weighted by molar-refractivity contribution is -0.157. The highest BCUT2D eigenvalue weighted by Gasteiger charge is 2.53. The Balaban J connectivity index is 0.000000143. The predicted octanol–water partition coefficient (Wildman–Crippen LogP) is 6.52. The largest absolute Gasteiger partial charge is 0.497 e. The molecule has 0 radical (unpaired) electrons. The summed E-state index contributed by atoms with van der Waals surface area (Å²) in [6, 6.07) is 20.4. The number of para-hydroxylation sites is 2. The van der Waals surface area contributed by atoms with E-state index in [-0.39, 0.29) is 55.1 Å². The summed E-state index contributed by atoms with van der Waals surface area (Å²) in [5.74, 6) is 2.15. The van der Waals surface area contributed by atoms with E-state index in [4.69, 9.17) is 14.2 Å². The van der Waals surface area contributed by atoms with E-state index in [1.807, 2.05) is 59.5 Å². The van der Waals surface area contributed by atoms with Crippen LogP contribution >= 0.6 is 0 Å². The summed E-state index contributed by atoms with van der Waals surface area (Å²) < 4.78 is 16.4. The lowest BCUT2D eigenvalue weighted by Gasteiger charge is -2.46. The fourth-order valence-corrected chi connectivity index (χ4v) is 9.97. The van der Waals surface area contributed by atoms with Gasteiger partial charge in [-0.25, -0.2) is 4.79 Å². The minimum Gasteiger partial charge on any atom is -0.497 e. The number of likely N-dealkylation sites (N-methyl/N-ethyl adjacent to an activating group) is 1. The Morgan fingerprint density at radius 1 is 0.814 bits per heavy atom. The molecular weight excluding hydrogens is 749 g/mol. The van der Waals surface area contributed by atoms with E-state index >= 15 is 0 Å². The van der Waals surface area contributed by atoms with Crippen molar-refractivity contribution in [1.29, 1.82) is 0 Å². The second-order valence-corrected chi connectivity index (χ2v) is 16.1. The lowest BCUT2D eigenvalue weighted by atomic mass is 9.82. The third kappa shape index (κ3) is 5.88. The van der Waals surface area contributed by atoms with Crippen LogP contribution in [0.3, 0.4) is 0 Å². The van der Waals surface area contributed by atoms with Crippen molar-refractivity contribution in [3.8, 4) is 11.5 Å². The van der Waals surface area contributed by atoms with E-state index in [1.165, 1.54) is 15.4 Å². The van der Waals surface area contributed by atoms with Gasteiger partial charge >= 0.3 is 6.03 Å². The van der Waals surface area contributed by atoms with Gasteiger partial charge in [0.15, 0.2) is 11.5 Å². The summed E-state index contributed by atoms with van der Waals surface area (Å²) in [5.41, 5.74) is 7.27. The lowest BCUT2D eigenvalue weighted by Crippen LogP contribution is -2.62. The van der Waals surface area contributed by atoms with Crippen LogP contribution < -0.4 is 9.47 Å². The summed E-state index contributed by atoms with van der Waals surface area (Å²) >= 11 is 0. The molecule has 302 valence electrons. The first kappa shape index (κ1) is 36.8. The summed E-state index contributed by atoms with van der Waals surface area (Å²) in [6.07, 6.45) is 9.77. The number of nitrogens with zero attached hydrogens (tertiary/aromatic N) is 4. The summed E-state index contributed by atoms with van der Waals surface area (Å²) in [6.45, 7) is 2.85. The molecule has 13 nitrogen and oxygen atoms in total. The van der Waals surface area contributed by atoms with Crippen LogP contribution in [0.4, 0.5) is 4.79 Å². The number of methoxy groups -OCH3 is 1. The number of urea groups is 1. The number of hydrogen-bond donors (Lipinski definition) is 2. The first-order valence-corrected chi connectivity index (χ1v) is 20.5. The Kier molecular flexibility index (Phi) is 8.99. The number of aromatic nitrogens is 2. The van der Waals surface area contributed by atoms with Gasteiger partial charge in [0.2, 0.25) is 18.6 Å². The number of unbranched alkanes of at least 4 members (excludes halogenated alkanes) is 1. The van der Waals surface area contributed by atoms with Crippen molar-refractivity contribution in [2.45, 2.75) is 63.2 Å². The molecule has 3 aromatic carbocycles. The van der Waals surface area contributed by atoms with Gasteiger partial charge in [0.05, 0.1) is 25.7 Å². The van der Waals surface area contributed by atoms with Gasteiger partial charge in [-0.2, -0.15) is 0 Å². The number of nitrogens with one attached hydrogen (secondary N) is 2. The zero-order valence-corrected chi connectivity index (χ0v) is 33.3. The second-order valence-electron chi connectivity index (χ2n) is 16.1. The molecule has 2 N–H and O–H groups in total. The molecule has 13 heteroatoms. The van der Waals surface area contributed by atoms with Crippen molar-refractivity contribution < 1.29 is 33.4 Å². The fraction of sp³-hybridized carbons (Fsp3) is 0.348.